The molecule has 9 heteroatoms. The summed E-state index contributed by atoms with van der Waals surface area (Å²) >= 11 is 11.8. The maximum atomic E-state index is 6.04. The predicted octanol–water partition coefficient (Wildman–Crippen LogP) is 3.01. The van der Waals surface area contributed by atoms with Crippen LogP contribution in [0.3, 0.4) is 0 Å². The Hall–Kier alpha value is -0.510. The van der Waals surface area contributed by atoms with Crippen molar-refractivity contribution in [3.63, 3.8) is 0 Å². The van der Waals surface area contributed by atoms with Gasteiger partial charge >= 0.3 is 0 Å². The van der Waals surface area contributed by atoms with E-state index in [4.69, 9.17) is 27.9 Å². The first kappa shape index (κ1) is 22.5. The van der Waals surface area contributed by atoms with Crippen molar-refractivity contribution in [3.8, 4) is 0 Å². The Bertz CT molecular complexity index is 476. The van der Waals surface area contributed by atoms with E-state index in [1.54, 1.807) is 12.3 Å². The molecule has 132 valence electrons. The highest BCUT2D eigenvalue weighted by Gasteiger charge is 2.02. The Morgan fingerprint density at radius 1 is 1.26 bits per heavy atom. The maximum Gasteiger partial charge on any atom is 0.191 e. The van der Waals surface area contributed by atoms with Gasteiger partial charge in [-0.1, -0.05) is 23.2 Å². The molecule has 0 aliphatic heterocycles. The first-order chi connectivity index (χ1) is 10.7. The standard InChI is InChI=1S/C14H23Cl2N5O.HI/c1-3-17-14(20-7-8-22-4-2)19-6-5-18-13-12(16)9-11(15)10-21-13;/h9-10H,3-8H2,1-2H3,(H,18,21)(H2,17,19,20);1H. The zero-order valence-corrected chi connectivity index (χ0v) is 17.2. The SMILES string of the molecule is CCNC(=NCCOCC)NCCNc1ncc(Cl)cc1Cl.I. The summed E-state index contributed by atoms with van der Waals surface area (Å²) in [6.45, 7) is 8.09. The van der Waals surface area contributed by atoms with Crippen molar-refractivity contribution in [3.05, 3.63) is 22.3 Å². The number of nitrogens with zero attached hydrogens (tertiary/aromatic N) is 2. The molecule has 3 N–H and O–H groups in total. The van der Waals surface area contributed by atoms with Gasteiger partial charge in [-0.2, -0.15) is 0 Å². The van der Waals surface area contributed by atoms with Crippen molar-refractivity contribution in [1.29, 1.82) is 0 Å². The average Bonchev–Trinajstić information content (AvgIpc) is 2.49. The molecule has 1 heterocycles. The van der Waals surface area contributed by atoms with Crippen molar-refractivity contribution in [1.82, 2.24) is 15.6 Å². The van der Waals surface area contributed by atoms with Crippen molar-refractivity contribution < 1.29 is 4.74 Å². The molecule has 0 atom stereocenters. The van der Waals surface area contributed by atoms with Gasteiger partial charge < -0.3 is 20.7 Å². The lowest BCUT2D eigenvalue weighted by atomic mass is 10.4. The lowest BCUT2D eigenvalue weighted by Crippen LogP contribution is -2.39. The molecule has 0 aromatic carbocycles. The summed E-state index contributed by atoms with van der Waals surface area (Å²) in [5.41, 5.74) is 0. The molecule has 0 saturated carbocycles. The summed E-state index contributed by atoms with van der Waals surface area (Å²) < 4.78 is 5.26. The van der Waals surface area contributed by atoms with E-state index < -0.39 is 0 Å². The molecule has 0 bridgehead atoms. The van der Waals surface area contributed by atoms with Gasteiger partial charge in [0.15, 0.2) is 5.96 Å². The zero-order chi connectivity index (χ0) is 16.2. The minimum Gasteiger partial charge on any atom is -0.380 e. The maximum absolute atomic E-state index is 6.04. The van der Waals surface area contributed by atoms with Crippen LogP contribution in [0.15, 0.2) is 17.3 Å². The van der Waals surface area contributed by atoms with Crippen LogP contribution in [0.25, 0.3) is 0 Å². The smallest absolute Gasteiger partial charge is 0.191 e. The molecule has 1 aromatic heterocycles. The van der Waals surface area contributed by atoms with Crippen LogP contribution in [0.4, 0.5) is 5.82 Å². The second-order valence-corrected chi connectivity index (χ2v) is 5.14. The molecule has 0 aliphatic rings. The third kappa shape index (κ3) is 10.1. The van der Waals surface area contributed by atoms with E-state index in [-0.39, 0.29) is 24.0 Å². The van der Waals surface area contributed by atoms with Crippen LogP contribution in [0.2, 0.25) is 10.0 Å². The van der Waals surface area contributed by atoms with Crippen molar-refractivity contribution in [2.45, 2.75) is 13.8 Å². The van der Waals surface area contributed by atoms with Crippen LogP contribution >= 0.6 is 47.2 Å². The van der Waals surface area contributed by atoms with E-state index in [2.05, 4.69) is 25.9 Å². The highest BCUT2D eigenvalue weighted by molar-refractivity contribution is 14.0. The fourth-order valence-electron chi connectivity index (χ4n) is 1.61. The summed E-state index contributed by atoms with van der Waals surface area (Å²) in [7, 11) is 0. The highest BCUT2D eigenvalue weighted by Crippen LogP contribution is 2.21. The van der Waals surface area contributed by atoms with Gasteiger partial charge in [0.05, 0.1) is 23.2 Å². The number of halogens is 3. The third-order valence-electron chi connectivity index (χ3n) is 2.57. The second kappa shape index (κ2) is 13.9. The van der Waals surface area contributed by atoms with Crippen molar-refractivity contribution in [2.75, 3.05) is 44.7 Å². The van der Waals surface area contributed by atoms with Gasteiger partial charge in [0.1, 0.15) is 5.82 Å². The summed E-state index contributed by atoms with van der Waals surface area (Å²) in [5.74, 6) is 1.38. The number of anilines is 1. The lowest BCUT2D eigenvalue weighted by molar-refractivity contribution is 0.155. The van der Waals surface area contributed by atoms with Gasteiger partial charge in [-0.15, -0.1) is 24.0 Å². The molecular weight excluding hydrogens is 452 g/mol. The molecule has 0 spiro atoms. The number of hydrogen-bond acceptors (Lipinski definition) is 4. The van der Waals surface area contributed by atoms with Crippen LogP contribution in [-0.4, -0.2) is 50.3 Å². The molecule has 1 aromatic rings. The monoisotopic (exact) mass is 475 g/mol. The number of ether oxygens (including phenoxy) is 1. The molecule has 0 unspecified atom stereocenters. The fraction of sp³-hybridized carbons (Fsp3) is 0.571. The summed E-state index contributed by atoms with van der Waals surface area (Å²) in [6, 6.07) is 1.66. The number of aromatic nitrogens is 1. The normalized spacial score (nSPS) is 10.9. The first-order valence-electron chi connectivity index (χ1n) is 7.32. The number of pyridine rings is 1. The largest absolute Gasteiger partial charge is 0.380 e. The van der Waals surface area contributed by atoms with Crippen molar-refractivity contribution >= 4 is 59.0 Å². The minimum absolute atomic E-state index is 0. The summed E-state index contributed by atoms with van der Waals surface area (Å²) in [6.07, 6.45) is 1.56. The Balaban J connectivity index is 0.00000484. The number of nitrogens with one attached hydrogen (secondary N) is 3. The fourth-order valence-corrected chi connectivity index (χ4v) is 2.06. The molecule has 0 fully saturated rings. The second-order valence-electron chi connectivity index (χ2n) is 4.30. The molecule has 1 rings (SSSR count). The van der Waals surface area contributed by atoms with Gasteiger partial charge in [0, 0.05) is 32.4 Å². The Morgan fingerprint density at radius 3 is 2.70 bits per heavy atom. The predicted molar refractivity (Wildman–Crippen MR) is 109 cm³/mol. The molecule has 0 amide bonds. The highest BCUT2D eigenvalue weighted by atomic mass is 127. The van der Waals surface area contributed by atoms with Gasteiger partial charge in [-0.3, -0.25) is 4.99 Å². The van der Waals surface area contributed by atoms with Crippen LogP contribution in [-0.2, 0) is 4.74 Å². The average molecular weight is 476 g/mol. The number of rotatable bonds is 9. The Kier molecular flexibility index (Phi) is 13.6. The van der Waals surface area contributed by atoms with E-state index in [1.165, 1.54) is 0 Å². The van der Waals surface area contributed by atoms with Gasteiger partial charge in [-0.25, -0.2) is 4.98 Å². The van der Waals surface area contributed by atoms with E-state index >= 15 is 0 Å². The minimum atomic E-state index is 0. The molecule has 6 nitrogen and oxygen atoms in total. The summed E-state index contributed by atoms with van der Waals surface area (Å²) in [5, 5.41) is 10.6. The lowest BCUT2D eigenvalue weighted by Gasteiger charge is -2.12. The Labute approximate surface area is 164 Å². The molecule has 0 aliphatic carbocycles. The quantitative estimate of drug-likeness (QED) is 0.221. The van der Waals surface area contributed by atoms with Crippen LogP contribution < -0.4 is 16.0 Å². The van der Waals surface area contributed by atoms with Gasteiger partial charge in [0.2, 0.25) is 0 Å². The summed E-state index contributed by atoms with van der Waals surface area (Å²) in [4.78, 5) is 8.54. The van der Waals surface area contributed by atoms with Gasteiger partial charge in [-0.05, 0) is 19.9 Å². The van der Waals surface area contributed by atoms with E-state index in [0.717, 1.165) is 12.5 Å². The number of aliphatic imine (C=N–C) groups is 1. The zero-order valence-electron chi connectivity index (χ0n) is 13.4. The van der Waals surface area contributed by atoms with E-state index in [9.17, 15) is 0 Å². The molecule has 0 saturated heterocycles. The number of hydrogen-bond donors (Lipinski definition) is 3. The van der Waals surface area contributed by atoms with Gasteiger partial charge in [0.25, 0.3) is 0 Å². The van der Waals surface area contributed by atoms with Crippen LogP contribution in [0.1, 0.15) is 13.8 Å². The van der Waals surface area contributed by atoms with Crippen LogP contribution in [0.5, 0.6) is 0 Å². The Morgan fingerprint density at radius 2 is 2.04 bits per heavy atom. The first-order valence-corrected chi connectivity index (χ1v) is 8.07. The van der Waals surface area contributed by atoms with Crippen molar-refractivity contribution in [2.24, 2.45) is 4.99 Å². The van der Waals surface area contributed by atoms with Crippen LogP contribution in [0, 0.1) is 0 Å². The molecule has 0 radical (unpaired) electrons. The number of guanidine groups is 1. The third-order valence-corrected chi connectivity index (χ3v) is 3.07. The molecular formula is C14H24Cl2IN5O. The molecule has 23 heavy (non-hydrogen) atoms. The topological polar surface area (TPSA) is 70.6 Å². The van der Waals surface area contributed by atoms with E-state index in [0.29, 0.717) is 48.7 Å². The van der Waals surface area contributed by atoms with E-state index in [1.807, 2.05) is 13.8 Å².